The van der Waals surface area contributed by atoms with Crippen molar-refractivity contribution in [1.82, 2.24) is 10.6 Å². The number of rotatable bonds is 2. The van der Waals surface area contributed by atoms with Crippen LogP contribution in [0.3, 0.4) is 0 Å². The minimum atomic E-state index is -4.73. The standard InChI is InChI=1S/C18H10BrF4N3O3/c19-10-3-1-8(12(20)6-10)7-26-13-4-2-9(18(21,22)23)5-11(13)17(15(26)28)14(27)24-16(29)25-17/h1-6H,7H2,(H2,24,25,27,29). The molecule has 11 heteroatoms. The number of carbonyl (C=O) groups is 3. The third kappa shape index (κ3) is 2.87. The van der Waals surface area contributed by atoms with E-state index in [1.807, 2.05) is 5.32 Å². The summed E-state index contributed by atoms with van der Waals surface area (Å²) in [7, 11) is 0. The van der Waals surface area contributed by atoms with Gasteiger partial charge in [-0.15, -0.1) is 0 Å². The second kappa shape index (κ2) is 6.28. The predicted octanol–water partition coefficient (Wildman–Crippen LogP) is 3.19. The molecule has 2 aromatic rings. The Kier molecular flexibility index (Phi) is 4.19. The van der Waals surface area contributed by atoms with Crippen LogP contribution in [-0.2, 0) is 27.8 Å². The summed E-state index contributed by atoms with van der Waals surface area (Å²) in [6.45, 7) is -0.346. The second-order valence-corrected chi connectivity index (χ2v) is 7.43. The lowest BCUT2D eigenvalue weighted by Gasteiger charge is -2.21. The van der Waals surface area contributed by atoms with Gasteiger partial charge in [-0.3, -0.25) is 14.9 Å². The molecule has 0 radical (unpaired) electrons. The Morgan fingerprint density at radius 3 is 2.38 bits per heavy atom. The molecule has 0 aromatic heterocycles. The van der Waals surface area contributed by atoms with E-state index in [0.717, 1.165) is 17.0 Å². The average Bonchev–Trinajstić information content (AvgIpc) is 3.05. The molecule has 2 aliphatic heterocycles. The largest absolute Gasteiger partial charge is 0.416 e. The number of anilines is 1. The van der Waals surface area contributed by atoms with E-state index >= 15 is 0 Å². The molecular weight excluding hydrogens is 462 g/mol. The van der Waals surface area contributed by atoms with Gasteiger partial charge in [0.25, 0.3) is 11.8 Å². The van der Waals surface area contributed by atoms with Crippen molar-refractivity contribution in [3.63, 3.8) is 0 Å². The Hall–Kier alpha value is -2.95. The summed E-state index contributed by atoms with van der Waals surface area (Å²) in [5.74, 6) is -2.72. The van der Waals surface area contributed by atoms with Crippen LogP contribution >= 0.6 is 15.9 Å². The van der Waals surface area contributed by atoms with Gasteiger partial charge in [-0.1, -0.05) is 22.0 Å². The number of imide groups is 1. The number of carbonyl (C=O) groups excluding carboxylic acids is 3. The van der Waals surface area contributed by atoms with Gasteiger partial charge in [0.15, 0.2) is 0 Å². The highest BCUT2D eigenvalue weighted by molar-refractivity contribution is 9.10. The van der Waals surface area contributed by atoms with Crippen molar-refractivity contribution in [2.45, 2.75) is 18.3 Å². The molecule has 1 saturated heterocycles. The quantitative estimate of drug-likeness (QED) is 0.401. The third-order valence-corrected chi connectivity index (χ3v) is 5.29. The molecule has 0 saturated carbocycles. The van der Waals surface area contributed by atoms with Crippen molar-refractivity contribution < 1.29 is 31.9 Å². The van der Waals surface area contributed by atoms with Crippen LogP contribution < -0.4 is 15.5 Å². The van der Waals surface area contributed by atoms with E-state index in [1.165, 1.54) is 18.2 Å². The molecule has 2 heterocycles. The van der Waals surface area contributed by atoms with Gasteiger partial charge in [-0.25, -0.2) is 9.18 Å². The van der Waals surface area contributed by atoms with Crippen LogP contribution in [0.5, 0.6) is 0 Å². The Bertz CT molecular complexity index is 1090. The number of amides is 4. The van der Waals surface area contributed by atoms with Crippen molar-refractivity contribution in [3.05, 3.63) is 63.4 Å². The first-order valence-corrected chi connectivity index (χ1v) is 8.94. The zero-order valence-corrected chi connectivity index (χ0v) is 15.8. The van der Waals surface area contributed by atoms with Crippen LogP contribution in [0.25, 0.3) is 0 Å². The molecule has 4 amide bonds. The zero-order chi connectivity index (χ0) is 21.1. The van der Waals surface area contributed by atoms with E-state index in [0.29, 0.717) is 10.5 Å². The van der Waals surface area contributed by atoms with Gasteiger partial charge in [0.05, 0.1) is 17.8 Å². The van der Waals surface area contributed by atoms with E-state index in [2.05, 4.69) is 21.2 Å². The lowest BCUT2D eigenvalue weighted by atomic mass is 9.90. The summed E-state index contributed by atoms with van der Waals surface area (Å²) in [6.07, 6.45) is -4.73. The average molecular weight is 472 g/mol. The first-order chi connectivity index (χ1) is 13.5. The number of benzene rings is 2. The van der Waals surface area contributed by atoms with Gasteiger partial charge in [0.1, 0.15) is 5.82 Å². The number of nitrogens with one attached hydrogen (secondary N) is 2. The normalized spacial score (nSPS) is 20.9. The molecule has 6 nitrogen and oxygen atoms in total. The van der Waals surface area contributed by atoms with E-state index in [-0.39, 0.29) is 23.4 Å². The van der Waals surface area contributed by atoms with E-state index in [1.54, 1.807) is 0 Å². The fourth-order valence-corrected chi connectivity index (χ4v) is 3.78. The maximum Gasteiger partial charge on any atom is 0.416 e. The molecule has 1 fully saturated rings. The molecule has 1 spiro atoms. The van der Waals surface area contributed by atoms with Gasteiger partial charge in [0, 0.05) is 15.6 Å². The fraction of sp³-hybridized carbons (Fsp3) is 0.167. The van der Waals surface area contributed by atoms with Crippen LogP contribution in [0.4, 0.5) is 28.0 Å². The SMILES string of the molecule is O=C1NC(=O)C2(N1)C(=O)N(Cc1ccc(Br)cc1F)c1ccc(C(F)(F)F)cc12. The van der Waals surface area contributed by atoms with Gasteiger partial charge < -0.3 is 10.2 Å². The first kappa shape index (κ1) is 19.4. The lowest BCUT2D eigenvalue weighted by Crippen LogP contribution is -2.52. The molecule has 2 aromatic carbocycles. The summed E-state index contributed by atoms with van der Waals surface area (Å²) in [6, 6.07) is 5.52. The number of fused-ring (bicyclic) bond motifs is 2. The summed E-state index contributed by atoms with van der Waals surface area (Å²) >= 11 is 3.11. The highest BCUT2D eigenvalue weighted by atomic mass is 79.9. The van der Waals surface area contributed by atoms with E-state index in [9.17, 15) is 31.9 Å². The van der Waals surface area contributed by atoms with Crippen LogP contribution in [0, 0.1) is 5.82 Å². The summed E-state index contributed by atoms with van der Waals surface area (Å²) in [5, 5.41) is 4.03. The predicted molar refractivity (Wildman–Crippen MR) is 95.1 cm³/mol. The maximum absolute atomic E-state index is 14.3. The van der Waals surface area contributed by atoms with E-state index < -0.39 is 40.9 Å². The van der Waals surface area contributed by atoms with Crippen molar-refractivity contribution in [2.75, 3.05) is 4.90 Å². The molecule has 4 rings (SSSR count). The molecule has 2 N–H and O–H groups in total. The number of hydrogen-bond donors (Lipinski definition) is 2. The molecule has 1 unspecified atom stereocenters. The Morgan fingerprint density at radius 2 is 1.79 bits per heavy atom. The van der Waals surface area contributed by atoms with Gasteiger partial charge >= 0.3 is 12.2 Å². The van der Waals surface area contributed by atoms with Crippen molar-refractivity contribution in [3.8, 4) is 0 Å². The molecule has 2 aliphatic rings. The minimum absolute atomic E-state index is 0.0253. The fourth-order valence-electron chi connectivity index (χ4n) is 3.45. The highest BCUT2D eigenvalue weighted by Gasteiger charge is 2.61. The smallest absolute Gasteiger partial charge is 0.312 e. The lowest BCUT2D eigenvalue weighted by molar-refractivity contribution is -0.138. The second-order valence-electron chi connectivity index (χ2n) is 6.51. The molecule has 1 atom stereocenters. The number of hydrogen-bond acceptors (Lipinski definition) is 3. The van der Waals surface area contributed by atoms with Gasteiger partial charge in [-0.05, 0) is 30.3 Å². The third-order valence-electron chi connectivity index (χ3n) is 4.80. The Labute approximate surface area is 169 Å². The van der Waals surface area contributed by atoms with Gasteiger partial charge in [-0.2, -0.15) is 13.2 Å². The van der Waals surface area contributed by atoms with Crippen LogP contribution in [0.1, 0.15) is 16.7 Å². The first-order valence-electron chi connectivity index (χ1n) is 8.15. The molecule has 29 heavy (non-hydrogen) atoms. The van der Waals surface area contributed by atoms with Gasteiger partial charge in [0.2, 0.25) is 5.54 Å². The summed E-state index contributed by atoms with van der Waals surface area (Å²) in [4.78, 5) is 38.3. The minimum Gasteiger partial charge on any atom is -0.312 e. The van der Waals surface area contributed by atoms with E-state index in [4.69, 9.17) is 0 Å². The van der Waals surface area contributed by atoms with Crippen LogP contribution in [0.15, 0.2) is 40.9 Å². The van der Waals surface area contributed by atoms with Crippen molar-refractivity contribution in [1.29, 1.82) is 0 Å². The van der Waals surface area contributed by atoms with Crippen LogP contribution in [0.2, 0.25) is 0 Å². The Balaban J connectivity index is 1.87. The monoisotopic (exact) mass is 471 g/mol. The number of halogens is 5. The highest BCUT2D eigenvalue weighted by Crippen LogP contribution is 2.45. The Morgan fingerprint density at radius 1 is 1.07 bits per heavy atom. The molecule has 150 valence electrons. The number of urea groups is 1. The molecular formula is C18H10BrF4N3O3. The number of nitrogens with zero attached hydrogens (tertiary/aromatic N) is 1. The topological polar surface area (TPSA) is 78.5 Å². The zero-order valence-electron chi connectivity index (χ0n) is 14.2. The summed E-state index contributed by atoms with van der Waals surface area (Å²) < 4.78 is 54.3. The van der Waals surface area contributed by atoms with Crippen LogP contribution in [-0.4, -0.2) is 17.8 Å². The van der Waals surface area contributed by atoms with Crippen molar-refractivity contribution in [2.24, 2.45) is 0 Å². The van der Waals surface area contributed by atoms with Crippen molar-refractivity contribution >= 4 is 39.5 Å². The summed E-state index contributed by atoms with van der Waals surface area (Å²) in [5.41, 5.74) is -3.69. The number of alkyl halides is 3. The molecule has 0 aliphatic carbocycles. The molecule has 0 bridgehead atoms. The maximum atomic E-state index is 14.3.